The zero-order chi connectivity index (χ0) is 14.1. The van der Waals surface area contributed by atoms with Crippen LogP contribution in [0.2, 0.25) is 0 Å². The standard InChI is InChI=1S/C9H18N2.C7H14N2/c1-11-5-8-3-2-7(4-10)9(8)6-11;1-9-5-6-2-3-8-7(9)4-6/h7-9H,2-6,10H2,1H3;6-8H,2-5H2,1H3/t7?,8-,9-;/m1./s1. The van der Waals surface area contributed by atoms with Crippen molar-refractivity contribution < 1.29 is 0 Å². The van der Waals surface area contributed by atoms with E-state index in [-0.39, 0.29) is 0 Å². The van der Waals surface area contributed by atoms with Crippen molar-refractivity contribution in [1.82, 2.24) is 15.1 Å². The van der Waals surface area contributed by atoms with Gasteiger partial charge in [-0.1, -0.05) is 0 Å². The SMILES string of the molecule is CN1CC2CCNC1C2.CN1C[C@H]2CCC(CN)[C@H]2C1. The Morgan fingerprint density at radius 2 is 1.95 bits per heavy atom. The summed E-state index contributed by atoms with van der Waals surface area (Å²) in [5.74, 6) is 3.75. The van der Waals surface area contributed by atoms with Crippen LogP contribution in [0.25, 0.3) is 0 Å². The lowest BCUT2D eigenvalue weighted by Gasteiger charge is -2.21. The molecule has 4 aliphatic rings. The molecule has 0 radical (unpaired) electrons. The molecule has 3 N–H and O–H groups in total. The Balaban J connectivity index is 0.000000123. The molecule has 0 amide bonds. The third-order valence-corrected chi connectivity index (χ3v) is 6.06. The van der Waals surface area contributed by atoms with E-state index in [0.717, 1.165) is 30.2 Å². The molecule has 1 aliphatic carbocycles. The van der Waals surface area contributed by atoms with Crippen LogP contribution >= 0.6 is 0 Å². The zero-order valence-corrected chi connectivity index (χ0v) is 13.2. The average Bonchev–Trinajstić information content (AvgIpc) is 3.04. The maximum absolute atomic E-state index is 5.72. The number of fused-ring (bicyclic) bond motifs is 3. The minimum Gasteiger partial charge on any atom is -0.330 e. The van der Waals surface area contributed by atoms with Crippen molar-refractivity contribution in [2.75, 3.05) is 46.8 Å². The lowest BCUT2D eigenvalue weighted by molar-refractivity contribution is 0.267. The summed E-state index contributed by atoms with van der Waals surface area (Å²) in [4.78, 5) is 4.88. The largest absolute Gasteiger partial charge is 0.330 e. The van der Waals surface area contributed by atoms with Crippen LogP contribution in [0.1, 0.15) is 25.7 Å². The van der Waals surface area contributed by atoms with Gasteiger partial charge in [-0.2, -0.15) is 0 Å². The molecule has 4 heteroatoms. The first-order valence-electron chi connectivity index (χ1n) is 8.49. The Hall–Kier alpha value is -0.160. The number of nitrogens with two attached hydrogens (primary N) is 1. The summed E-state index contributed by atoms with van der Waals surface area (Å²) in [7, 11) is 4.44. The van der Waals surface area contributed by atoms with E-state index in [1.54, 1.807) is 0 Å². The fraction of sp³-hybridized carbons (Fsp3) is 1.00. The molecule has 3 heterocycles. The number of hydrogen-bond acceptors (Lipinski definition) is 4. The first kappa shape index (κ1) is 14.8. The molecule has 0 aromatic carbocycles. The predicted octanol–water partition coefficient (Wildman–Crippen LogP) is 0.790. The molecule has 0 aromatic rings. The van der Waals surface area contributed by atoms with Crippen LogP contribution in [0.3, 0.4) is 0 Å². The first-order valence-corrected chi connectivity index (χ1v) is 8.49. The number of hydrogen-bond donors (Lipinski definition) is 2. The van der Waals surface area contributed by atoms with Crippen LogP contribution in [-0.2, 0) is 0 Å². The van der Waals surface area contributed by atoms with Crippen molar-refractivity contribution >= 4 is 0 Å². The van der Waals surface area contributed by atoms with Gasteiger partial charge in [-0.3, -0.25) is 4.90 Å². The molecule has 3 saturated heterocycles. The van der Waals surface area contributed by atoms with Crippen molar-refractivity contribution in [3.05, 3.63) is 0 Å². The minimum absolute atomic E-state index is 0.712. The number of piperidine rings is 1. The summed E-state index contributed by atoms with van der Waals surface area (Å²) in [6.07, 6.45) is 6.30. The van der Waals surface area contributed by atoms with Gasteiger partial charge in [0.2, 0.25) is 0 Å². The molecule has 1 saturated carbocycles. The molecule has 116 valence electrons. The lowest BCUT2D eigenvalue weighted by atomic mass is 9.93. The predicted molar refractivity (Wildman–Crippen MR) is 83.4 cm³/mol. The Kier molecular flexibility index (Phi) is 4.65. The topological polar surface area (TPSA) is 44.5 Å². The smallest absolute Gasteiger partial charge is 0.0597 e. The van der Waals surface area contributed by atoms with E-state index in [0.29, 0.717) is 6.17 Å². The molecule has 20 heavy (non-hydrogen) atoms. The molecule has 0 aromatic heterocycles. The highest BCUT2D eigenvalue weighted by Gasteiger charge is 2.40. The van der Waals surface area contributed by atoms with Crippen LogP contribution in [0.15, 0.2) is 0 Å². The van der Waals surface area contributed by atoms with Crippen molar-refractivity contribution in [2.24, 2.45) is 29.4 Å². The molecular formula is C16H32N4. The van der Waals surface area contributed by atoms with E-state index in [4.69, 9.17) is 5.73 Å². The van der Waals surface area contributed by atoms with Gasteiger partial charge >= 0.3 is 0 Å². The van der Waals surface area contributed by atoms with Crippen LogP contribution in [0.4, 0.5) is 0 Å². The molecule has 3 aliphatic heterocycles. The summed E-state index contributed by atoms with van der Waals surface area (Å²) in [5.41, 5.74) is 5.72. The highest BCUT2D eigenvalue weighted by Crippen LogP contribution is 2.40. The van der Waals surface area contributed by atoms with Crippen molar-refractivity contribution in [3.63, 3.8) is 0 Å². The number of nitrogens with zero attached hydrogens (tertiary/aromatic N) is 2. The van der Waals surface area contributed by atoms with Gasteiger partial charge in [0.25, 0.3) is 0 Å². The Bertz CT molecular complexity index is 318. The van der Waals surface area contributed by atoms with E-state index in [9.17, 15) is 0 Å². The molecule has 4 fully saturated rings. The number of nitrogens with one attached hydrogen (secondary N) is 1. The Labute approximate surface area is 124 Å². The normalized spacial score (nSPS) is 44.2. The van der Waals surface area contributed by atoms with Crippen LogP contribution < -0.4 is 11.1 Å². The van der Waals surface area contributed by atoms with Gasteiger partial charge in [-0.25, -0.2) is 0 Å². The Morgan fingerprint density at radius 3 is 2.65 bits per heavy atom. The summed E-state index contributed by atoms with van der Waals surface area (Å²) in [6.45, 7) is 6.08. The maximum atomic E-state index is 5.72. The monoisotopic (exact) mass is 280 g/mol. The molecule has 5 atom stereocenters. The summed E-state index contributed by atoms with van der Waals surface area (Å²) < 4.78 is 0. The highest BCUT2D eigenvalue weighted by atomic mass is 15.3. The van der Waals surface area contributed by atoms with Crippen LogP contribution in [0.5, 0.6) is 0 Å². The van der Waals surface area contributed by atoms with E-state index >= 15 is 0 Å². The first-order chi connectivity index (χ1) is 9.67. The highest BCUT2D eigenvalue weighted by molar-refractivity contribution is 4.92. The van der Waals surface area contributed by atoms with Crippen LogP contribution in [-0.4, -0.2) is 62.8 Å². The number of likely N-dealkylation sites (tertiary alicyclic amines) is 2. The quantitative estimate of drug-likeness (QED) is 0.745. The minimum atomic E-state index is 0.712. The van der Waals surface area contributed by atoms with Gasteiger partial charge in [0.1, 0.15) is 0 Å². The second-order valence-corrected chi connectivity index (χ2v) is 7.52. The fourth-order valence-corrected chi connectivity index (χ4v) is 4.90. The molecule has 2 bridgehead atoms. The third kappa shape index (κ3) is 3.03. The van der Waals surface area contributed by atoms with E-state index in [1.807, 2.05) is 0 Å². The van der Waals surface area contributed by atoms with Gasteiger partial charge in [-0.15, -0.1) is 0 Å². The van der Waals surface area contributed by atoms with E-state index in [1.165, 1.54) is 51.9 Å². The average molecular weight is 280 g/mol. The summed E-state index contributed by atoms with van der Waals surface area (Å²) >= 11 is 0. The van der Waals surface area contributed by atoms with Gasteiger partial charge in [0.15, 0.2) is 0 Å². The molecule has 4 nitrogen and oxygen atoms in total. The zero-order valence-electron chi connectivity index (χ0n) is 13.2. The van der Waals surface area contributed by atoms with Crippen molar-refractivity contribution in [3.8, 4) is 0 Å². The number of rotatable bonds is 1. The summed E-state index contributed by atoms with van der Waals surface area (Å²) in [6, 6.07) is 0. The van der Waals surface area contributed by atoms with Crippen molar-refractivity contribution in [2.45, 2.75) is 31.8 Å². The molecule has 0 spiro atoms. The van der Waals surface area contributed by atoms with Crippen LogP contribution in [0, 0.1) is 23.7 Å². The van der Waals surface area contributed by atoms with Gasteiger partial charge in [-0.05, 0) is 76.5 Å². The second kappa shape index (κ2) is 6.30. The third-order valence-electron chi connectivity index (χ3n) is 6.06. The van der Waals surface area contributed by atoms with Gasteiger partial charge in [0.05, 0.1) is 6.17 Å². The van der Waals surface area contributed by atoms with E-state index < -0.39 is 0 Å². The maximum Gasteiger partial charge on any atom is 0.0597 e. The fourth-order valence-electron chi connectivity index (χ4n) is 4.90. The second-order valence-electron chi connectivity index (χ2n) is 7.52. The molecular weight excluding hydrogens is 248 g/mol. The van der Waals surface area contributed by atoms with Gasteiger partial charge in [0, 0.05) is 19.6 Å². The Morgan fingerprint density at radius 1 is 1.10 bits per heavy atom. The van der Waals surface area contributed by atoms with E-state index in [2.05, 4.69) is 29.2 Å². The van der Waals surface area contributed by atoms with Crippen molar-refractivity contribution in [1.29, 1.82) is 0 Å². The molecule has 4 rings (SSSR count). The van der Waals surface area contributed by atoms with Gasteiger partial charge < -0.3 is 16.0 Å². The lowest BCUT2D eigenvalue weighted by Crippen LogP contribution is -2.39. The summed E-state index contributed by atoms with van der Waals surface area (Å²) in [5, 5.41) is 3.49. The molecule has 3 unspecified atom stereocenters.